The molecule has 0 aromatic heterocycles. The zero-order chi connectivity index (χ0) is 14.4. The molecule has 1 N–H and O–H groups in total. The SMILES string of the molecule is CC(Cl)c1ccccc1NC(=O)CCc1ccccc1. The molecule has 0 aliphatic rings. The van der Waals surface area contributed by atoms with E-state index in [-0.39, 0.29) is 11.3 Å². The third-order valence-electron chi connectivity index (χ3n) is 3.15. The number of para-hydroxylation sites is 1. The van der Waals surface area contributed by atoms with Gasteiger partial charge in [0.1, 0.15) is 0 Å². The first-order chi connectivity index (χ1) is 9.66. The smallest absolute Gasteiger partial charge is 0.224 e. The molecule has 0 aliphatic heterocycles. The van der Waals surface area contributed by atoms with E-state index >= 15 is 0 Å². The van der Waals surface area contributed by atoms with Crippen molar-refractivity contribution in [3.63, 3.8) is 0 Å². The number of benzene rings is 2. The second kappa shape index (κ2) is 7.11. The normalized spacial score (nSPS) is 11.9. The Morgan fingerprint density at radius 3 is 2.45 bits per heavy atom. The predicted octanol–water partition coefficient (Wildman–Crippen LogP) is 4.56. The third-order valence-corrected chi connectivity index (χ3v) is 3.38. The molecule has 20 heavy (non-hydrogen) atoms. The van der Waals surface area contributed by atoms with E-state index in [9.17, 15) is 4.79 Å². The van der Waals surface area contributed by atoms with Crippen LogP contribution in [0.4, 0.5) is 5.69 Å². The number of carbonyl (C=O) groups is 1. The first-order valence-electron chi connectivity index (χ1n) is 6.73. The number of alkyl halides is 1. The van der Waals surface area contributed by atoms with Gasteiger partial charge < -0.3 is 5.32 Å². The Labute approximate surface area is 124 Å². The van der Waals surface area contributed by atoms with Gasteiger partial charge in [-0.2, -0.15) is 0 Å². The monoisotopic (exact) mass is 287 g/mol. The summed E-state index contributed by atoms with van der Waals surface area (Å²) in [4.78, 5) is 12.0. The van der Waals surface area contributed by atoms with Crippen LogP contribution in [0.25, 0.3) is 0 Å². The number of hydrogen-bond donors (Lipinski definition) is 1. The second-order valence-electron chi connectivity index (χ2n) is 4.74. The first-order valence-corrected chi connectivity index (χ1v) is 7.17. The van der Waals surface area contributed by atoms with E-state index in [1.807, 2.05) is 61.5 Å². The van der Waals surface area contributed by atoms with Gasteiger partial charge in [0, 0.05) is 12.1 Å². The fraction of sp³-hybridized carbons (Fsp3) is 0.235. The Morgan fingerprint density at radius 2 is 1.75 bits per heavy atom. The van der Waals surface area contributed by atoms with Gasteiger partial charge in [0.15, 0.2) is 0 Å². The minimum absolute atomic E-state index is 0.0126. The van der Waals surface area contributed by atoms with Crippen LogP contribution in [0.3, 0.4) is 0 Å². The summed E-state index contributed by atoms with van der Waals surface area (Å²) in [7, 11) is 0. The summed E-state index contributed by atoms with van der Waals surface area (Å²) < 4.78 is 0. The molecule has 3 heteroatoms. The number of anilines is 1. The molecule has 0 saturated carbocycles. The lowest BCUT2D eigenvalue weighted by molar-refractivity contribution is -0.116. The first kappa shape index (κ1) is 14.6. The van der Waals surface area contributed by atoms with Gasteiger partial charge in [-0.25, -0.2) is 0 Å². The van der Waals surface area contributed by atoms with Crippen LogP contribution in [0, 0.1) is 0 Å². The van der Waals surface area contributed by atoms with Crippen molar-refractivity contribution < 1.29 is 4.79 Å². The number of rotatable bonds is 5. The maximum atomic E-state index is 12.0. The van der Waals surface area contributed by atoms with Crippen LogP contribution < -0.4 is 5.32 Å². The molecule has 0 aliphatic carbocycles. The summed E-state index contributed by atoms with van der Waals surface area (Å²) in [6.45, 7) is 1.90. The van der Waals surface area contributed by atoms with Gasteiger partial charge in [-0.1, -0.05) is 48.5 Å². The summed E-state index contributed by atoms with van der Waals surface area (Å²) in [6, 6.07) is 17.6. The summed E-state index contributed by atoms with van der Waals surface area (Å²) in [5.74, 6) is 0.0126. The van der Waals surface area contributed by atoms with E-state index in [2.05, 4.69) is 5.32 Å². The molecule has 2 nitrogen and oxygen atoms in total. The number of amides is 1. The van der Waals surface area contributed by atoms with E-state index < -0.39 is 0 Å². The molecule has 0 saturated heterocycles. The van der Waals surface area contributed by atoms with Crippen LogP contribution in [0.5, 0.6) is 0 Å². The van der Waals surface area contributed by atoms with Gasteiger partial charge in [-0.05, 0) is 30.5 Å². The van der Waals surface area contributed by atoms with Crippen LogP contribution in [-0.4, -0.2) is 5.91 Å². The maximum Gasteiger partial charge on any atom is 0.224 e. The molecule has 0 heterocycles. The average molecular weight is 288 g/mol. The van der Waals surface area contributed by atoms with E-state index in [1.165, 1.54) is 5.56 Å². The summed E-state index contributed by atoms with van der Waals surface area (Å²) in [5, 5.41) is 2.81. The largest absolute Gasteiger partial charge is 0.326 e. The highest BCUT2D eigenvalue weighted by Crippen LogP contribution is 2.27. The van der Waals surface area contributed by atoms with Crippen LogP contribution in [0.2, 0.25) is 0 Å². The number of hydrogen-bond acceptors (Lipinski definition) is 1. The molecular weight excluding hydrogens is 270 g/mol. The quantitative estimate of drug-likeness (QED) is 0.803. The fourth-order valence-electron chi connectivity index (χ4n) is 2.07. The van der Waals surface area contributed by atoms with Crippen molar-refractivity contribution in [2.24, 2.45) is 0 Å². The molecule has 2 aromatic carbocycles. The second-order valence-corrected chi connectivity index (χ2v) is 5.39. The highest BCUT2D eigenvalue weighted by molar-refractivity contribution is 6.21. The Bertz CT molecular complexity index is 566. The Morgan fingerprint density at radius 1 is 1.10 bits per heavy atom. The van der Waals surface area contributed by atoms with Crippen molar-refractivity contribution in [3.8, 4) is 0 Å². The van der Waals surface area contributed by atoms with Crippen LogP contribution in [-0.2, 0) is 11.2 Å². The van der Waals surface area contributed by atoms with Crippen molar-refractivity contribution in [2.45, 2.75) is 25.1 Å². The van der Waals surface area contributed by atoms with Crippen LogP contribution in [0.1, 0.15) is 29.8 Å². The lowest BCUT2D eigenvalue weighted by Gasteiger charge is -2.12. The molecular formula is C17H18ClNO. The van der Waals surface area contributed by atoms with Gasteiger partial charge in [-0.15, -0.1) is 11.6 Å². The Hall–Kier alpha value is -1.80. The Balaban J connectivity index is 1.95. The van der Waals surface area contributed by atoms with Crippen LogP contribution >= 0.6 is 11.6 Å². The van der Waals surface area contributed by atoms with E-state index in [1.54, 1.807) is 0 Å². The van der Waals surface area contributed by atoms with Gasteiger partial charge >= 0.3 is 0 Å². The van der Waals surface area contributed by atoms with Gasteiger partial charge in [-0.3, -0.25) is 4.79 Å². The minimum atomic E-state index is -0.124. The van der Waals surface area contributed by atoms with Gasteiger partial charge in [0.25, 0.3) is 0 Å². The lowest BCUT2D eigenvalue weighted by atomic mass is 10.1. The molecule has 1 amide bonds. The van der Waals surface area contributed by atoms with Crippen molar-refractivity contribution in [1.82, 2.24) is 0 Å². The molecule has 2 rings (SSSR count). The third kappa shape index (κ3) is 4.10. The molecule has 104 valence electrons. The van der Waals surface area contributed by atoms with Crippen molar-refractivity contribution in [3.05, 3.63) is 65.7 Å². The zero-order valence-electron chi connectivity index (χ0n) is 11.5. The summed E-state index contributed by atoms with van der Waals surface area (Å²) in [5.41, 5.74) is 2.91. The fourth-order valence-corrected chi connectivity index (χ4v) is 2.26. The van der Waals surface area contributed by atoms with Crippen LogP contribution in [0.15, 0.2) is 54.6 Å². The van der Waals surface area contributed by atoms with Gasteiger partial charge in [0.05, 0.1) is 5.38 Å². The molecule has 1 atom stereocenters. The molecule has 0 fully saturated rings. The summed E-state index contributed by atoms with van der Waals surface area (Å²) in [6.07, 6.45) is 1.21. The number of nitrogens with one attached hydrogen (secondary N) is 1. The molecule has 0 bridgehead atoms. The molecule has 1 unspecified atom stereocenters. The summed E-state index contributed by atoms with van der Waals surface area (Å²) >= 11 is 6.11. The van der Waals surface area contributed by atoms with E-state index in [4.69, 9.17) is 11.6 Å². The number of halogens is 1. The predicted molar refractivity (Wildman–Crippen MR) is 84.1 cm³/mol. The maximum absolute atomic E-state index is 12.0. The van der Waals surface area contributed by atoms with E-state index in [0.717, 1.165) is 17.7 Å². The standard InChI is InChI=1S/C17H18ClNO/c1-13(18)15-9-5-6-10-16(15)19-17(20)12-11-14-7-3-2-4-8-14/h2-10,13H,11-12H2,1H3,(H,19,20). The highest BCUT2D eigenvalue weighted by Gasteiger charge is 2.10. The van der Waals surface area contributed by atoms with Crippen molar-refractivity contribution >= 4 is 23.2 Å². The Kier molecular flexibility index (Phi) is 5.19. The average Bonchev–Trinajstić information content (AvgIpc) is 2.46. The number of carbonyl (C=O) groups excluding carboxylic acids is 1. The molecule has 0 spiro atoms. The zero-order valence-corrected chi connectivity index (χ0v) is 12.2. The lowest BCUT2D eigenvalue weighted by Crippen LogP contribution is -2.13. The highest BCUT2D eigenvalue weighted by atomic mass is 35.5. The van der Waals surface area contributed by atoms with Gasteiger partial charge in [0.2, 0.25) is 5.91 Å². The number of aryl methyl sites for hydroxylation is 1. The van der Waals surface area contributed by atoms with Crippen molar-refractivity contribution in [2.75, 3.05) is 5.32 Å². The molecule has 0 radical (unpaired) electrons. The van der Waals surface area contributed by atoms with E-state index in [0.29, 0.717) is 6.42 Å². The van der Waals surface area contributed by atoms with Crippen molar-refractivity contribution in [1.29, 1.82) is 0 Å². The topological polar surface area (TPSA) is 29.1 Å². The minimum Gasteiger partial charge on any atom is -0.326 e. The molecule has 2 aromatic rings.